The second-order valence-corrected chi connectivity index (χ2v) is 6.13. The predicted octanol–water partition coefficient (Wildman–Crippen LogP) is 1.62. The maximum Gasteiger partial charge on any atom is 0.269 e. The summed E-state index contributed by atoms with van der Waals surface area (Å²) >= 11 is 0. The van der Waals surface area contributed by atoms with Gasteiger partial charge in [0.1, 0.15) is 0 Å². The SMILES string of the molecule is O=[N+]([O-])c1ccc(S(=O)(=O)N2CCC(F)(F)C2)cc1. The average molecular weight is 292 g/mol. The van der Waals surface area contributed by atoms with E-state index < -0.39 is 33.8 Å². The first-order valence-electron chi connectivity index (χ1n) is 5.35. The Kier molecular flexibility index (Phi) is 3.27. The number of sulfonamides is 1. The first kappa shape index (κ1) is 13.8. The molecule has 1 aliphatic rings. The van der Waals surface area contributed by atoms with Gasteiger partial charge in [0.05, 0.1) is 16.4 Å². The number of rotatable bonds is 3. The number of hydrogen-bond donors (Lipinski definition) is 0. The molecule has 9 heteroatoms. The summed E-state index contributed by atoms with van der Waals surface area (Å²) in [5.41, 5.74) is -0.259. The number of benzene rings is 1. The molecule has 2 rings (SSSR count). The molecule has 0 radical (unpaired) electrons. The van der Waals surface area contributed by atoms with Crippen molar-refractivity contribution in [3.63, 3.8) is 0 Å². The molecule has 0 unspecified atom stereocenters. The summed E-state index contributed by atoms with van der Waals surface area (Å²) in [6, 6.07) is 4.15. The number of alkyl halides is 2. The van der Waals surface area contributed by atoms with E-state index in [1.165, 1.54) is 0 Å². The van der Waals surface area contributed by atoms with Gasteiger partial charge in [-0.15, -0.1) is 0 Å². The summed E-state index contributed by atoms with van der Waals surface area (Å²) in [7, 11) is -4.02. The molecule has 0 N–H and O–H groups in total. The van der Waals surface area contributed by atoms with Crippen molar-refractivity contribution in [2.45, 2.75) is 17.2 Å². The molecular formula is C10H10F2N2O4S. The van der Waals surface area contributed by atoms with E-state index in [0.29, 0.717) is 4.31 Å². The van der Waals surface area contributed by atoms with E-state index in [-0.39, 0.29) is 17.1 Å². The normalized spacial score (nSPS) is 19.5. The monoisotopic (exact) mass is 292 g/mol. The van der Waals surface area contributed by atoms with Crippen molar-refractivity contribution in [3.05, 3.63) is 34.4 Å². The van der Waals surface area contributed by atoms with Gasteiger partial charge in [0.25, 0.3) is 11.6 Å². The van der Waals surface area contributed by atoms with Gasteiger partial charge < -0.3 is 0 Å². The zero-order chi connectivity index (χ0) is 14.3. The number of nitrogens with zero attached hydrogens (tertiary/aromatic N) is 2. The van der Waals surface area contributed by atoms with Gasteiger partial charge in [0.15, 0.2) is 0 Å². The molecule has 0 aliphatic carbocycles. The Balaban J connectivity index is 2.28. The summed E-state index contributed by atoms with van der Waals surface area (Å²) < 4.78 is 50.8. The Morgan fingerprint density at radius 2 is 1.84 bits per heavy atom. The molecule has 1 aromatic carbocycles. The van der Waals surface area contributed by atoms with E-state index in [4.69, 9.17) is 0 Å². The highest BCUT2D eigenvalue weighted by atomic mass is 32.2. The van der Waals surface area contributed by atoms with Crippen LogP contribution in [0, 0.1) is 10.1 Å². The summed E-state index contributed by atoms with van der Waals surface area (Å²) in [5, 5.41) is 10.4. The Bertz CT molecular complexity index is 600. The van der Waals surface area contributed by atoms with Gasteiger partial charge in [-0.1, -0.05) is 0 Å². The fourth-order valence-electron chi connectivity index (χ4n) is 1.80. The van der Waals surface area contributed by atoms with Crippen LogP contribution in [0.5, 0.6) is 0 Å². The van der Waals surface area contributed by atoms with E-state index >= 15 is 0 Å². The number of non-ortho nitro benzene ring substituents is 1. The van der Waals surface area contributed by atoms with Crippen LogP contribution in [0.15, 0.2) is 29.2 Å². The van der Waals surface area contributed by atoms with E-state index in [1.807, 2.05) is 0 Å². The van der Waals surface area contributed by atoms with Gasteiger partial charge in [-0.05, 0) is 12.1 Å². The van der Waals surface area contributed by atoms with Crippen molar-refractivity contribution < 1.29 is 22.1 Å². The van der Waals surface area contributed by atoms with Gasteiger partial charge in [0, 0.05) is 25.1 Å². The lowest BCUT2D eigenvalue weighted by Crippen LogP contribution is -2.31. The molecule has 1 aliphatic heterocycles. The zero-order valence-electron chi connectivity index (χ0n) is 9.62. The van der Waals surface area contributed by atoms with E-state index in [0.717, 1.165) is 24.3 Å². The highest BCUT2D eigenvalue weighted by molar-refractivity contribution is 7.89. The second kappa shape index (κ2) is 4.49. The smallest absolute Gasteiger partial charge is 0.258 e. The van der Waals surface area contributed by atoms with Crippen molar-refractivity contribution in [1.29, 1.82) is 0 Å². The largest absolute Gasteiger partial charge is 0.269 e. The minimum Gasteiger partial charge on any atom is -0.258 e. The van der Waals surface area contributed by atoms with Crippen LogP contribution in [0.2, 0.25) is 0 Å². The molecule has 19 heavy (non-hydrogen) atoms. The minimum atomic E-state index is -4.02. The highest BCUT2D eigenvalue weighted by Gasteiger charge is 2.43. The van der Waals surface area contributed by atoms with Crippen LogP contribution >= 0.6 is 0 Å². The lowest BCUT2D eigenvalue weighted by molar-refractivity contribution is -0.384. The van der Waals surface area contributed by atoms with E-state index in [9.17, 15) is 27.3 Å². The van der Waals surface area contributed by atoms with Gasteiger partial charge in [-0.25, -0.2) is 17.2 Å². The van der Waals surface area contributed by atoms with E-state index in [1.54, 1.807) is 0 Å². The summed E-state index contributed by atoms with van der Waals surface area (Å²) in [6.45, 7) is -1.11. The maximum absolute atomic E-state index is 13.0. The topological polar surface area (TPSA) is 80.5 Å². The van der Waals surface area contributed by atoms with Gasteiger partial charge in [0.2, 0.25) is 10.0 Å². The van der Waals surface area contributed by atoms with Crippen LogP contribution in [-0.2, 0) is 10.0 Å². The van der Waals surface area contributed by atoms with Crippen LogP contribution in [0.25, 0.3) is 0 Å². The average Bonchev–Trinajstić information content (AvgIpc) is 2.70. The maximum atomic E-state index is 13.0. The third kappa shape index (κ3) is 2.71. The van der Waals surface area contributed by atoms with Crippen molar-refractivity contribution in [1.82, 2.24) is 4.31 Å². The molecule has 0 atom stereocenters. The standard InChI is InChI=1S/C10H10F2N2O4S/c11-10(12)5-6-13(7-10)19(17,18)9-3-1-8(2-4-9)14(15)16/h1-4H,5-7H2. The number of halogens is 2. The fourth-order valence-corrected chi connectivity index (χ4v) is 3.27. The minimum absolute atomic E-state index is 0.226. The number of nitro benzene ring substituents is 1. The molecule has 0 spiro atoms. The van der Waals surface area contributed by atoms with Crippen LogP contribution < -0.4 is 0 Å². The summed E-state index contributed by atoms with van der Waals surface area (Å²) in [6.07, 6.45) is -0.515. The number of nitro groups is 1. The van der Waals surface area contributed by atoms with Crippen LogP contribution in [0.3, 0.4) is 0 Å². The highest BCUT2D eigenvalue weighted by Crippen LogP contribution is 2.31. The summed E-state index contributed by atoms with van der Waals surface area (Å²) in [5.74, 6) is -3.02. The zero-order valence-corrected chi connectivity index (χ0v) is 10.4. The van der Waals surface area contributed by atoms with Gasteiger partial charge in [-0.3, -0.25) is 10.1 Å². The second-order valence-electron chi connectivity index (χ2n) is 4.20. The molecule has 0 bridgehead atoms. The fraction of sp³-hybridized carbons (Fsp3) is 0.400. The van der Waals surface area contributed by atoms with Crippen LogP contribution in [-0.4, -0.2) is 36.7 Å². The van der Waals surface area contributed by atoms with Crippen molar-refractivity contribution >= 4 is 15.7 Å². The Labute approximate surface area is 107 Å². The lowest BCUT2D eigenvalue weighted by atomic mass is 10.3. The predicted molar refractivity (Wildman–Crippen MR) is 61.4 cm³/mol. The molecule has 0 amide bonds. The molecule has 1 fully saturated rings. The molecule has 6 nitrogen and oxygen atoms in total. The van der Waals surface area contributed by atoms with Gasteiger partial charge in [-0.2, -0.15) is 4.31 Å². The first-order valence-corrected chi connectivity index (χ1v) is 6.79. The van der Waals surface area contributed by atoms with Crippen molar-refractivity contribution in [2.24, 2.45) is 0 Å². The first-order chi connectivity index (χ1) is 8.72. The third-order valence-corrected chi connectivity index (χ3v) is 4.68. The third-order valence-electron chi connectivity index (χ3n) is 2.82. The molecular weight excluding hydrogens is 282 g/mol. The lowest BCUT2D eigenvalue weighted by Gasteiger charge is -2.15. The Morgan fingerprint density at radius 1 is 1.26 bits per heavy atom. The quantitative estimate of drug-likeness (QED) is 0.626. The molecule has 1 aromatic rings. The Morgan fingerprint density at radius 3 is 2.26 bits per heavy atom. The molecule has 1 heterocycles. The van der Waals surface area contributed by atoms with Crippen LogP contribution in [0.1, 0.15) is 6.42 Å². The Hall–Kier alpha value is -1.61. The van der Waals surface area contributed by atoms with Gasteiger partial charge >= 0.3 is 0 Å². The molecule has 104 valence electrons. The van der Waals surface area contributed by atoms with Crippen molar-refractivity contribution in [2.75, 3.05) is 13.1 Å². The summed E-state index contributed by atoms with van der Waals surface area (Å²) in [4.78, 5) is 9.56. The molecule has 0 aromatic heterocycles. The molecule has 0 saturated carbocycles. The van der Waals surface area contributed by atoms with Crippen LogP contribution in [0.4, 0.5) is 14.5 Å². The molecule has 1 saturated heterocycles. The van der Waals surface area contributed by atoms with Crippen molar-refractivity contribution in [3.8, 4) is 0 Å². The number of hydrogen-bond acceptors (Lipinski definition) is 4. The van der Waals surface area contributed by atoms with E-state index in [2.05, 4.69) is 0 Å².